The summed E-state index contributed by atoms with van der Waals surface area (Å²) in [7, 11) is 0. The van der Waals surface area contributed by atoms with Gasteiger partial charge in [0.2, 0.25) is 0 Å². The van der Waals surface area contributed by atoms with Gasteiger partial charge in [-0.15, -0.1) is 0 Å². The van der Waals surface area contributed by atoms with Crippen molar-refractivity contribution in [1.82, 2.24) is 5.32 Å². The van der Waals surface area contributed by atoms with Gasteiger partial charge in [0.25, 0.3) is 5.91 Å². The lowest BCUT2D eigenvalue weighted by atomic mass is 10.2. The minimum atomic E-state index is -0.541. The van der Waals surface area contributed by atoms with E-state index in [1.54, 1.807) is 11.8 Å². The van der Waals surface area contributed by atoms with Gasteiger partial charge in [-0.3, -0.25) is 4.79 Å². The molecule has 1 aromatic rings. The van der Waals surface area contributed by atoms with Crippen molar-refractivity contribution in [3.05, 3.63) is 34.6 Å². The lowest BCUT2D eigenvalue weighted by Crippen LogP contribution is -2.32. The van der Waals surface area contributed by atoms with Crippen LogP contribution < -0.4 is 5.32 Å². The molecule has 0 aliphatic heterocycles. The van der Waals surface area contributed by atoms with Gasteiger partial charge in [-0.1, -0.05) is 11.6 Å². The van der Waals surface area contributed by atoms with E-state index in [0.717, 1.165) is 12.8 Å². The molecule has 0 radical (unpaired) electrons. The summed E-state index contributed by atoms with van der Waals surface area (Å²) >= 11 is 7.49. The number of nitrogens with one attached hydrogen (secondary N) is 1. The second kappa shape index (κ2) is 4.86. The highest BCUT2D eigenvalue weighted by Crippen LogP contribution is 2.46. The Morgan fingerprint density at radius 2 is 2.29 bits per heavy atom. The predicted octanol–water partition coefficient (Wildman–Crippen LogP) is 3.10. The second-order valence-corrected chi connectivity index (χ2v) is 5.90. The normalized spacial score (nSPS) is 16.6. The molecule has 1 aromatic carbocycles. The third kappa shape index (κ3) is 2.93. The van der Waals surface area contributed by atoms with E-state index in [9.17, 15) is 9.18 Å². The summed E-state index contributed by atoms with van der Waals surface area (Å²) in [6.45, 7) is 0.582. The first-order chi connectivity index (χ1) is 8.06. The summed E-state index contributed by atoms with van der Waals surface area (Å²) in [4.78, 5) is 11.8. The Kier molecular flexibility index (Phi) is 3.64. The molecular formula is C12H13ClFNOS. The molecule has 1 aliphatic carbocycles. The highest BCUT2D eigenvalue weighted by molar-refractivity contribution is 8.00. The molecular weight excluding hydrogens is 261 g/mol. The number of benzene rings is 1. The van der Waals surface area contributed by atoms with Crippen molar-refractivity contribution in [2.45, 2.75) is 17.6 Å². The zero-order chi connectivity index (χ0) is 12.5. The van der Waals surface area contributed by atoms with Gasteiger partial charge in [-0.2, -0.15) is 11.8 Å². The Bertz CT molecular complexity index is 448. The molecule has 92 valence electrons. The van der Waals surface area contributed by atoms with E-state index < -0.39 is 11.7 Å². The zero-order valence-corrected chi connectivity index (χ0v) is 11.0. The van der Waals surface area contributed by atoms with E-state index >= 15 is 0 Å². The van der Waals surface area contributed by atoms with Crippen LogP contribution in [0.5, 0.6) is 0 Å². The molecule has 1 N–H and O–H groups in total. The fraction of sp³-hybridized carbons (Fsp3) is 0.417. The van der Waals surface area contributed by atoms with E-state index in [0.29, 0.717) is 11.6 Å². The van der Waals surface area contributed by atoms with Gasteiger partial charge in [-0.05, 0) is 37.3 Å². The number of hydrogen-bond acceptors (Lipinski definition) is 2. The average Bonchev–Trinajstić information content (AvgIpc) is 3.10. The van der Waals surface area contributed by atoms with Crippen molar-refractivity contribution in [1.29, 1.82) is 0 Å². The fourth-order valence-electron chi connectivity index (χ4n) is 1.60. The maximum Gasteiger partial charge on any atom is 0.254 e. The standard InChI is InChI=1S/C12H13ClFNOS/c1-17-12(4-5-12)7-15-11(16)9-6-8(13)2-3-10(9)14/h2-3,6H,4-5,7H2,1H3,(H,15,16). The van der Waals surface area contributed by atoms with Crippen LogP contribution in [0.15, 0.2) is 18.2 Å². The molecule has 17 heavy (non-hydrogen) atoms. The number of carbonyl (C=O) groups excluding carboxylic acids is 1. The molecule has 1 saturated carbocycles. The van der Waals surface area contributed by atoms with Gasteiger partial charge in [0, 0.05) is 16.3 Å². The van der Waals surface area contributed by atoms with Crippen molar-refractivity contribution in [2.75, 3.05) is 12.8 Å². The summed E-state index contributed by atoms with van der Waals surface area (Å²) in [6, 6.07) is 3.99. The third-order valence-electron chi connectivity index (χ3n) is 2.98. The largest absolute Gasteiger partial charge is 0.351 e. The van der Waals surface area contributed by atoms with Gasteiger partial charge in [-0.25, -0.2) is 4.39 Å². The van der Waals surface area contributed by atoms with E-state index in [2.05, 4.69) is 5.32 Å². The fourth-order valence-corrected chi connectivity index (χ4v) is 2.50. The Balaban J connectivity index is 2.02. The van der Waals surface area contributed by atoms with Crippen molar-refractivity contribution < 1.29 is 9.18 Å². The molecule has 0 atom stereocenters. The SMILES string of the molecule is CSC1(CNC(=O)c2cc(Cl)ccc2F)CC1. The summed E-state index contributed by atoms with van der Waals surface area (Å²) in [5, 5.41) is 3.13. The first-order valence-electron chi connectivity index (χ1n) is 5.35. The molecule has 2 nitrogen and oxygen atoms in total. The Hall–Kier alpha value is -0.740. The topological polar surface area (TPSA) is 29.1 Å². The van der Waals surface area contributed by atoms with Crippen LogP contribution >= 0.6 is 23.4 Å². The Morgan fingerprint density at radius 3 is 2.88 bits per heavy atom. The number of halogens is 2. The first kappa shape index (κ1) is 12.7. The minimum Gasteiger partial charge on any atom is -0.351 e. The summed E-state index contributed by atoms with van der Waals surface area (Å²) < 4.78 is 13.6. The highest BCUT2D eigenvalue weighted by atomic mass is 35.5. The van der Waals surface area contributed by atoms with Crippen LogP contribution in [0.25, 0.3) is 0 Å². The van der Waals surface area contributed by atoms with E-state index in [1.165, 1.54) is 18.2 Å². The Labute approximate surface area is 109 Å². The van der Waals surface area contributed by atoms with E-state index in [-0.39, 0.29) is 10.3 Å². The molecule has 0 heterocycles. The van der Waals surface area contributed by atoms with Crippen LogP contribution in [0.1, 0.15) is 23.2 Å². The smallest absolute Gasteiger partial charge is 0.254 e. The first-order valence-corrected chi connectivity index (χ1v) is 6.95. The molecule has 1 fully saturated rings. The Morgan fingerprint density at radius 1 is 1.59 bits per heavy atom. The summed E-state index contributed by atoms with van der Waals surface area (Å²) in [5.74, 6) is -0.939. The molecule has 0 spiro atoms. The van der Waals surface area contributed by atoms with Gasteiger partial charge >= 0.3 is 0 Å². The molecule has 1 amide bonds. The van der Waals surface area contributed by atoms with E-state index in [4.69, 9.17) is 11.6 Å². The van der Waals surface area contributed by atoms with Crippen molar-refractivity contribution in [3.8, 4) is 0 Å². The molecule has 0 aromatic heterocycles. The van der Waals surface area contributed by atoms with Crippen LogP contribution in [0.4, 0.5) is 4.39 Å². The number of thioether (sulfide) groups is 1. The van der Waals surface area contributed by atoms with Crippen molar-refractivity contribution in [3.63, 3.8) is 0 Å². The summed E-state index contributed by atoms with van der Waals surface area (Å²) in [6.07, 6.45) is 4.23. The van der Waals surface area contributed by atoms with Crippen LogP contribution in [-0.4, -0.2) is 23.5 Å². The third-order valence-corrected chi connectivity index (χ3v) is 4.64. The number of carbonyl (C=O) groups is 1. The van der Waals surface area contributed by atoms with Crippen LogP contribution in [0, 0.1) is 5.82 Å². The van der Waals surface area contributed by atoms with Crippen LogP contribution in [0.2, 0.25) is 5.02 Å². The van der Waals surface area contributed by atoms with Gasteiger partial charge in [0.15, 0.2) is 0 Å². The monoisotopic (exact) mass is 273 g/mol. The molecule has 5 heteroatoms. The molecule has 0 unspecified atom stereocenters. The molecule has 2 rings (SSSR count). The van der Waals surface area contributed by atoms with Crippen molar-refractivity contribution >= 4 is 29.3 Å². The maximum atomic E-state index is 13.4. The number of amides is 1. The lowest BCUT2D eigenvalue weighted by Gasteiger charge is -2.13. The molecule has 0 bridgehead atoms. The van der Waals surface area contributed by atoms with E-state index in [1.807, 2.05) is 6.26 Å². The van der Waals surface area contributed by atoms with Gasteiger partial charge < -0.3 is 5.32 Å². The molecule has 1 aliphatic rings. The van der Waals surface area contributed by atoms with Crippen molar-refractivity contribution in [2.24, 2.45) is 0 Å². The maximum absolute atomic E-state index is 13.4. The lowest BCUT2D eigenvalue weighted by molar-refractivity contribution is 0.0949. The average molecular weight is 274 g/mol. The number of hydrogen-bond donors (Lipinski definition) is 1. The van der Waals surface area contributed by atoms with Crippen LogP contribution in [-0.2, 0) is 0 Å². The predicted molar refractivity (Wildman–Crippen MR) is 69.2 cm³/mol. The zero-order valence-electron chi connectivity index (χ0n) is 9.43. The number of rotatable bonds is 4. The highest BCUT2D eigenvalue weighted by Gasteiger charge is 2.42. The van der Waals surface area contributed by atoms with Gasteiger partial charge in [0.1, 0.15) is 5.82 Å². The minimum absolute atomic E-state index is 0.00871. The van der Waals surface area contributed by atoms with Gasteiger partial charge in [0.05, 0.1) is 5.56 Å². The second-order valence-electron chi connectivity index (χ2n) is 4.19. The summed E-state index contributed by atoms with van der Waals surface area (Å²) in [5.41, 5.74) is 0.00871. The molecule has 0 saturated heterocycles. The van der Waals surface area contributed by atoms with Crippen LogP contribution in [0.3, 0.4) is 0 Å². The quantitative estimate of drug-likeness (QED) is 0.913.